The highest BCUT2D eigenvalue weighted by Gasteiger charge is 2.53. The quantitative estimate of drug-likeness (QED) is 0.405. The van der Waals surface area contributed by atoms with Crippen LogP contribution in [0.4, 0.5) is 0 Å². The van der Waals surface area contributed by atoms with Crippen LogP contribution in [0.15, 0.2) is 11.6 Å². The van der Waals surface area contributed by atoms with E-state index in [0.29, 0.717) is 48.5 Å². The van der Waals surface area contributed by atoms with Crippen molar-refractivity contribution in [3.63, 3.8) is 0 Å². The lowest BCUT2D eigenvalue weighted by Gasteiger charge is -2.44. The Morgan fingerprint density at radius 1 is 1.09 bits per heavy atom. The first kappa shape index (κ1) is 26.1. The zero-order chi connectivity index (χ0) is 24.6. The molecule has 0 radical (unpaired) electrons. The maximum Gasteiger partial charge on any atom is 0.332 e. The molecule has 5 nitrogen and oxygen atoms in total. The first-order valence-electron chi connectivity index (χ1n) is 13.1. The van der Waals surface area contributed by atoms with E-state index in [2.05, 4.69) is 34.6 Å². The molecule has 0 heterocycles. The highest BCUT2D eigenvalue weighted by Crippen LogP contribution is 2.59. The standard InChI is InChI=1S/C28H44O5/c1-17(2)18(3)7-8-19(4)22-9-10-23-21(24(30)12-13-27(22,23)5)16-26(32)33-28(6)14-11-20(29)15-25(28)31/h16-20,22-23,29H,7-15H2,1-6H3/b21-16+/t18?,19?,20-,22-,23+,27-,28-/m1/s1. The molecule has 7 atom stereocenters. The van der Waals surface area contributed by atoms with Crippen LogP contribution >= 0.6 is 0 Å². The van der Waals surface area contributed by atoms with E-state index in [-0.39, 0.29) is 29.3 Å². The van der Waals surface area contributed by atoms with Crippen molar-refractivity contribution in [1.82, 2.24) is 0 Å². The average molecular weight is 461 g/mol. The number of aliphatic hydroxyl groups is 1. The van der Waals surface area contributed by atoms with Gasteiger partial charge in [0.1, 0.15) is 0 Å². The SMILES string of the molecule is CC(C)C(C)CCC(C)[C@H]1CC[C@H]2/C(=C\C(=O)O[C@]3(C)CC[C@@H](O)CC3=O)C(=O)CC[C@]12C. The molecule has 0 aromatic rings. The number of ketones is 2. The van der Waals surface area contributed by atoms with Gasteiger partial charge >= 0.3 is 5.97 Å². The predicted molar refractivity (Wildman–Crippen MR) is 128 cm³/mol. The van der Waals surface area contributed by atoms with Gasteiger partial charge < -0.3 is 9.84 Å². The number of aliphatic hydroxyl groups excluding tert-OH is 1. The van der Waals surface area contributed by atoms with Gasteiger partial charge in [-0.3, -0.25) is 9.59 Å². The molecule has 0 saturated heterocycles. The summed E-state index contributed by atoms with van der Waals surface area (Å²) in [5.41, 5.74) is -0.588. The summed E-state index contributed by atoms with van der Waals surface area (Å²) in [5, 5.41) is 9.72. The van der Waals surface area contributed by atoms with Crippen LogP contribution in [0.3, 0.4) is 0 Å². The van der Waals surface area contributed by atoms with Gasteiger partial charge in [0.15, 0.2) is 17.2 Å². The molecule has 33 heavy (non-hydrogen) atoms. The maximum absolute atomic E-state index is 12.9. The lowest BCUT2D eigenvalue weighted by Crippen LogP contribution is -2.46. The van der Waals surface area contributed by atoms with Gasteiger partial charge in [-0.2, -0.15) is 0 Å². The van der Waals surface area contributed by atoms with Crippen LogP contribution in [0, 0.1) is 35.0 Å². The Kier molecular flexibility index (Phi) is 7.93. The third-order valence-corrected chi connectivity index (χ3v) is 9.46. The molecule has 3 saturated carbocycles. The highest BCUT2D eigenvalue weighted by molar-refractivity contribution is 6.02. The maximum atomic E-state index is 12.9. The Hall–Kier alpha value is -1.49. The molecule has 3 rings (SSSR count). The molecule has 0 bridgehead atoms. The van der Waals surface area contributed by atoms with Crippen molar-refractivity contribution in [2.75, 3.05) is 0 Å². The van der Waals surface area contributed by atoms with Crippen molar-refractivity contribution in [1.29, 1.82) is 0 Å². The second-order valence-corrected chi connectivity index (χ2v) is 12.0. The summed E-state index contributed by atoms with van der Waals surface area (Å²) in [6.45, 7) is 13.2. The summed E-state index contributed by atoms with van der Waals surface area (Å²) in [7, 11) is 0. The Morgan fingerprint density at radius 3 is 2.42 bits per heavy atom. The second kappa shape index (κ2) is 10.0. The van der Waals surface area contributed by atoms with Crippen LogP contribution < -0.4 is 0 Å². The molecule has 5 heteroatoms. The minimum atomic E-state index is -1.21. The van der Waals surface area contributed by atoms with Crippen molar-refractivity contribution >= 4 is 17.5 Å². The van der Waals surface area contributed by atoms with Crippen molar-refractivity contribution in [2.24, 2.45) is 35.0 Å². The molecule has 3 aliphatic carbocycles. The second-order valence-electron chi connectivity index (χ2n) is 12.0. The van der Waals surface area contributed by atoms with Crippen LogP contribution in [-0.4, -0.2) is 34.3 Å². The Bertz CT molecular complexity index is 798. The van der Waals surface area contributed by atoms with Crippen LogP contribution in [0.1, 0.15) is 99.3 Å². The number of Topliss-reactive ketones (excluding diaryl/α,β-unsaturated/α-hetero) is 2. The molecule has 0 aliphatic heterocycles. The smallest absolute Gasteiger partial charge is 0.332 e. The van der Waals surface area contributed by atoms with E-state index in [1.165, 1.54) is 18.9 Å². The summed E-state index contributed by atoms with van der Waals surface area (Å²) in [5.74, 6) is 1.82. The van der Waals surface area contributed by atoms with Gasteiger partial charge in [0.05, 0.1) is 6.10 Å². The number of rotatable bonds is 7. The topological polar surface area (TPSA) is 80.7 Å². The van der Waals surface area contributed by atoms with E-state index >= 15 is 0 Å². The Labute approximate surface area is 199 Å². The molecule has 1 N–H and O–H groups in total. The number of fused-ring (bicyclic) bond motifs is 1. The van der Waals surface area contributed by atoms with E-state index in [9.17, 15) is 19.5 Å². The summed E-state index contributed by atoms with van der Waals surface area (Å²) in [4.78, 5) is 38.1. The number of carbonyl (C=O) groups excluding carboxylic acids is 3. The number of carbonyl (C=O) groups is 3. The fourth-order valence-corrected chi connectivity index (χ4v) is 6.63. The van der Waals surface area contributed by atoms with Gasteiger partial charge in [0, 0.05) is 24.5 Å². The largest absolute Gasteiger partial charge is 0.448 e. The monoisotopic (exact) mass is 460 g/mol. The number of ether oxygens (including phenoxy) is 1. The summed E-state index contributed by atoms with van der Waals surface area (Å²) in [6.07, 6.45) is 7.28. The molecule has 0 amide bonds. The number of allylic oxidation sites excluding steroid dienone is 1. The molecule has 186 valence electrons. The normalized spacial score (nSPS) is 37.8. The lowest BCUT2D eigenvalue weighted by atomic mass is 9.60. The number of hydrogen-bond donors (Lipinski definition) is 1. The molecular weight excluding hydrogens is 416 g/mol. The van der Waals surface area contributed by atoms with E-state index in [0.717, 1.165) is 19.3 Å². The molecule has 3 aliphatic rings. The van der Waals surface area contributed by atoms with Gasteiger partial charge in [-0.15, -0.1) is 0 Å². The zero-order valence-electron chi connectivity index (χ0n) is 21.5. The van der Waals surface area contributed by atoms with Crippen molar-refractivity contribution in [3.8, 4) is 0 Å². The van der Waals surface area contributed by atoms with Gasteiger partial charge in [-0.1, -0.05) is 47.5 Å². The van der Waals surface area contributed by atoms with Crippen LogP contribution in [0.2, 0.25) is 0 Å². The van der Waals surface area contributed by atoms with Crippen LogP contribution in [0.5, 0.6) is 0 Å². The van der Waals surface area contributed by atoms with Crippen LogP contribution in [0.25, 0.3) is 0 Å². The van der Waals surface area contributed by atoms with Gasteiger partial charge in [-0.25, -0.2) is 4.79 Å². The molecule has 0 aromatic carbocycles. The third-order valence-electron chi connectivity index (χ3n) is 9.46. The fraction of sp³-hybridized carbons (Fsp3) is 0.821. The van der Waals surface area contributed by atoms with E-state index in [1.807, 2.05) is 0 Å². The third kappa shape index (κ3) is 5.44. The highest BCUT2D eigenvalue weighted by atomic mass is 16.6. The summed E-state index contributed by atoms with van der Waals surface area (Å²) >= 11 is 0. The number of hydrogen-bond acceptors (Lipinski definition) is 5. The van der Waals surface area contributed by atoms with Gasteiger partial charge in [0.2, 0.25) is 0 Å². The Morgan fingerprint density at radius 2 is 1.79 bits per heavy atom. The molecule has 3 fully saturated rings. The molecule has 0 aromatic heterocycles. The molecule has 2 unspecified atom stereocenters. The van der Waals surface area contributed by atoms with Crippen LogP contribution in [-0.2, 0) is 19.1 Å². The minimum Gasteiger partial charge on any atom is -0.448 e. The first-order valence-corrected chi connectivity index (χ1v) is 13.1. The predicted octanol–water partition coefficient (Wildman–Crippen LogP) is 5.43. The molecule has 0 spiro atoms. The summed E-state index contributed by atoms with van der Waals surface area (Å²) in [6, 6.07) is 0. The first-order chi connectivity index (χ1) is 15.4. The van der Waals surface area contributed by atoms with Crippen molar-refractivity contribution in [2.45, 2.75) is 111 Å². The summed E-state index contributed by atoms with van der Waals surface area (Å²) < 4.78 is 5.61. The van der Waals surface area contributed by atoms with E-state index in [4.69, 9.17) is 4.74 Å². The lowest BCUT2D eigenvalue weighted by molar-refractivity contribution is -0.167. The minimum absolute atomic E-state index is 0.00890. The van der Waals surface area contributed by atoms with Crippen molar-refractivity contribution in [3.05, 3.63) is 11.6 Å². The fourth-order valence-electron chi connectivity index (χ4n) is 6.63. The van der Waals surface area contributed by atoms with Gasteiger partial charge in [0.25, 0.3) is 0 Å². The van der Waals surface area contributed by atoms with Crippen molar-refractivity contribution < 1.29 is 24.2 Å². The van der Waals surface area contributed by atoms with E-state index in [1.54, 1.807) is 6.92 Å². The zero-order valence-corrected chi connectivity index (χ0v) is 21.5. The molecular formula is C28H44O5. The average Bonchev–Trinajstić information content (AvgIpc) is 3.09. The van der Waals surface area contributed by atoms with Gasteiger partial charge in [-0.05, 0) is 74.0 Å². The number of esters is 1. The Balaban J connectivity index is 1.72. The van der Waals surface area contributed by atoms with E-state index < -0.39 is 17.7 Å².